The zero-order valence-corrected chi connectivity index (χ0v) is 11.5. The molecular formula is C12H19N3O2S. The molecule has 100 valence electrons. The zero-order chi connectivity index (χ0) is 13.3. The van der Waals surface area contributed by atoms with Crippen molar-refractivity contribution in [2.75, 3.05) is 31.9 Å². The van der Waals surface area contributed by atoms with Crippen molar-refractivity contribution < 1.29 is 8.42 Å². The Kier molecular flexibility index (Phi) is 3.61. The Morgan fingerprint density at radius 3 is 2.39 bits per heavy atom. The number of anilines is 1. The molecule has 1 fully saturated rings. The van der Waals surface area contributed by atoms with Gasteiger partial charge in [0.15, 0.2) is 0 Å². The van der Waals surface area contributed by atoms with Crippen LogP contribution in [0.15, 0.2) is 17.0 Å². The van der Waals surface area contributed by atoms with Crippen molar-refractivity contribution in [1.29, 1.82) is 0 Å². The van der Waals surface area contributed by atoms with E-state index < -0.39 is 10.0 Å². The normalized spacial score (nSPS) is 17.9. The number of nitrogens with zero attached hydrogens (tertiary/aromatic N) is 1. The van der Waals surface area contributed by atoms with E-state index in [0.717, 1.165) is 5.56 Å². The molecule has 0 aromatic heterocycles. The summed E-state index contributed by atoms with van der Waals surface area (Å²) in [5, 5.41) is 3.15. The summed E-state index contributed by atoms with van der Waals surface area (Å²) in [5.41, 5.74) is 7.93. The van der Waals surface area contributed by atoms with Gasteiger partial charge < -0.3 is 11.1 Å². The monoisotopic (exact) mass is 269 g/mol. The molecule has 3 N–H and O–H groups in total. The highest BCUT2D eigenvalue weighted by molar-refractivity contribution is 7.89. The van der Waals surface area contributed by atoms with Gasteiger partial charge in [-0.1, -0.05) is 0 Å². The summed E-state index contributed by atoms with van der Waals surface area (Å²) in [5.74, 6) is 0. The van der Waals surface area contributed by atoms with Gasteiger partial charge in [0, 0.05) is 31.9 Å². The number of sulfonamides is 1. The minimum atomic E-state index is -3.39. The van der Waals surface area contributed by atoms with Gasteiger partial charge >= 0.3 is 0 Å². The zero-order valence-electron chi connectivity index (χ0n) is 10.7. The number of hydrogen-bond acceptors (Lipinski definition) is 4. The third-order valence-corrected chi connectivity index (χ3v) is 5.30. The lowest BCUT2D eigenvalue weighted by atomic mass is 10.1. The van der Waals surface area contributed by atoms with Crippen LogP contribution in [0.25, 0.3) is 0 Å². The van der Waals surface area contributed by atoms with E-state index >= 15 is 0 Å². The fourth-order valence-corrected chi connectivity index (χ4v) is 3.85. The molecule has 0 bridgehead atoms. The number of nitrogens with two attached hydrogens (primary N) is 1. The summed E-state index contributed by atoms with van der Waals surface area (Å²) in [6.07, 6.45) is 0. The lowest BCUT2D eigenvalue weighted by molar-refractivity contribution is 0.360. The summed E-state index contributed by atoms with van der Waals surface area (Å²) in [4.78, 5) is 0.371. The van der Waals surface area contributed by atoms with Crippen LogP contribution in [-0.4, -0.2) is 38.9 Å². The standard InChI is InChI=1S/C12H19N3O2S/c1-9-8-12(10(2)7-11(9)13)18(16,17)15-5-3-14-4-6-15/h7-8,14H,3-6,13H2,1-2H3. The first kappa shape index (κ1) is 13.3. The van der Waals surface area contributed by atoms with E-state index in [0.29, 0.717) is 42.3 Å². The quantitative estimate of drug-likeness (QED) is 0.766. The Balaban J connectivity index is 2.43. The number of nitrogens with one attached hydrogen (secondary N) is 1. The van der Waals surface area contributed by atoms with Gasteiger partial charge in [-0.3, -0.25) is 0 Å². The van der Waals surface area contributed by atoms with Gasteiger partial charge in [-0.15, -0.1) is 0 Å². The van der Waals surface area contributed by atoms with Gasteiger partial charge in [-0.25, -0.2) is 8.42 Å². The lowest BCUT2D eigenvalue weighted by Crippen LogP contribution is -2.46. The number of rotatable bonds is 2. The fraction of sp³-hybridized carbons (Fsp3) is 0.500. The maximum atomic E-state index is 12.5. The van der Waals surface area contributed by atoms with E-state index in [4.69, 9.17) is 5.73 Å². The molecular weight excluding hydrogens is 250 g/mol. The van der Waals surface area contributed by atoms with Crippen molar-refractivity contribution in [3.8, 4) is 0 Å². The van der Waals surface area contributed by atoms with Crippen LogP contribution in [0.2, 0.25) is 0 Å². The van der Waals surface area contributed by atoms with Crippen LogP contribution < -0.4 is 11.1 Å². The highest BCUT2D eigenvalue weighted by Gasteiger charge is 2.27. The molecule has 1 aliphatic heterocycles. The lowest BCUT2D eigenvalue weighted by Gasteiger charge is -2.27. The number of benzene rings is 1. The number of aryl methyl sites for hydroxylation is 2. The van der Waals surface area contributed by atoms with E-state index in [9.17, 15) is 8.42 Å². The van der Waals surface area contributed by atoms with E-state index in [1.54, 1.807) is 19.1 Å². The number of piperazine rings is 1. The van der Waals surface area contributed by atoms with Crippen molar-refractivity contribution in [2.24, 2.45) is 0 Å². The van der Waals surface area contributed by atoms with Crippen molar-refractivity contribution in [3.63, 3.8) is 0 Å². The molecule has 1 aromatic rings. The molecule has 6 heteroatoms. The van der Waals surface area contributed by atoms with Gasteiger partial charge in [-0.05, 0) is 37.1 Å². The van der Waals surface area contributed by atoms with Crippen LogP contribution in [0, 0.1) is 13.8 Å². The Bertz CT molecular complexity index is 549. The van der Waals surface area contributed by atoms with Crippen molar-refractivity contribution in [2.45, 2.75) is 18.7 Å². The van der Waals surface area contributed by atoms with Gasteiger partial charge in [-0.2, -0.15) is 4.31 Å². The first-order chi connectivity index (χ1) is 8.43. The molecule has 5 nitrogen and oxygen atoms in total. The molecule has 18 heavy (non-hydrogen) atoms. The molecule has 1 saturated heterocycles. The molecule has 0 saturated carbocycles. The summed E-state index contributed by atoms with van der Waals surface area (Å²) >= 11 is 0. The molecule has 0 unspecified atom stereocenters. The topological polar surface area (TPSA) is 75.4 Å². The first-order valence-corrected chi connectivity index (χ1v) is 7.44. The minimum Gasteiger partial charge on any atom is -0.399 e. The molecule has 0 amide bonds. The maximum Gasteiger partial charge on any atom is 0.243 e. The minimum absolute atomic E-state index is 0.371. The summed E-state index contributed by atoms with van der Waals surface area (Å²) < 4.78 is 26.6. The van der Waals surface area contributed by atoms with Crippen LogP contribution in [0.5, 0.6) is 0 Å². The average molecular weight is 269 g/mol. The molecule has 1 heterocycles. The highest BCUT2D eigenvalue weighted by Crippen LogP contribution is 2.24. The second-order valence-corrected chi connectivity index (χ2v) is 6.53. The van der Waals surface area contributed by atoms with Gasteiger partial charge in [0.2, 0.25) is 10.0 Å². The Morgan fingerprint density at radius 1 is 1.17 bits per heavy atom. The molecule has 2 rings (SSSR count). The van der Waals surface area contributed by atoms with Crippen LogP contribution in [0.1, 0.15) is 11.1 Å². The van der Waals surface area contributed by atoms with Crippen LogP contribution in [0.3, 0.4) is 0 Å². The highest BCUT2D eigenvalue weighted by atomic mass is 32.2. The van der Waals surface area contributed by atoms with Gasteiger partial charge in [0.1, 0.15) is 0 Å². The molecule has 0 atom stereocenters. The third kappa shape index (κ3) is 2.36. The summed E-state index contributed by atoms with van der Waals surface area (Å²) in [7, 11) is -3.39. The Morgan fingerprint density at radius 2 is 1.78 bits per heavy atom. The smallest absolute Gasteiger partial charge is 0.243 e. The molecule has 0 radical (unpaired) electrons. The molecule has 0 aliphatic carbocycles. The Labute approximate surface area is 108 Å². The van der Waals surface area contributed by atoms with E-state index in [1.165, 1.54) is 4.31 Å². The third-order valence-electron chi connectivity index (χ3n) is 3.26. The van der Waals surface area contributed by atoms with Gasteiger partial charge in [0.05, 0.1) is 4.90 Å². The van der Waals surface area contributed by atoms with Crippen LogP contribution in [0.4, 0.5) is 5.69 Å². The van der Waals surface area contributed by atoms with E-state index in [-0.39, 0.29) is 0 Å². The summed E-state index contributed by atoms with van der Waals surface area (Å²) in [6, 6.07) is 3.40. The largest absolute Gasteiger partial charge is 0.399 e. The maximum absolute atomic E-state index is 12.5. The molecule has 1 aliphatic rings. The SMILES string of the molecule is Cc1cc(S(=O)(=O)N2CCNCC2)c(C)cc1N. The van der Waals surface area contributed by atoms with Crippen molar-refractivity contribution >= 4 is 15.7 Å². The molecule has 1 aromatic carbocycles. The van der Waals surface area contributed by atoms with Crippen LogP contribution >= 0.6 is 0 Å². The second kappa shape index (κ2) is 4.87. The van der Waals surface area contributed by atoms with Gasteiger partial charge in [0.25, 0.3) is 0 Å². The van der Waals surface area contributed by atoms with E-state index in [2.05, 4.69) is 5.32 Å². The predicted octanol–water partition coefficient (Wildman–Crippen LogP) is 0.480. The number of nitrogen functional groups attached to an aromatic ring is 1. The number of hydrogen-bond donors (Lipinski definition) is 2. The summed E-state index contributed by atoms with van der Waals surface area (Å²) in [6.45, 7) is 6.05. The first-order valence-electron chi connectivity index (χ1n) is 6.00. The molecule has 0 spiro atoms. The van der Waals surface area contributed by atoms with E-state index in [1.807, 2.05) is 6.92 Å². The van der Waals surface area contributed by atoms with Crippen LogP contribution in [-0.2, 0) is 10.0 Å². The Hall–Kier alpha value is -1.11. The van der Waals surface area contributed by atoms with Crippen molar-refractivity contribution in [3.05, 3.63) is 23.3 Å². The predicted molar refractivity (Wildman–Crippen MR) is 72.0 cm³/mol. The van der Waals surface area contributed by atoms with Crippen molar-refractivity contribution in [1.82, 2.24) is 9.62 Å². The average Bonchev–Trinajstić information content (AvgIpc) is 2.34. The second-order valence-electron chi connectivity index (χ2n) is 4.63. The fourth-order valence-electron chi connectivity index (χ4n) is 2.11.